The van der Waals surface area contributed by atoms with E-state index < -0.39 is 26.6 Å². The number of nitrogens with zero attached hydrogens (tertiary/aromatic N) is 2. The number of non-ortho nitro benzene ring substituents is 1. The van der Waals surface area contributed by atoms with Crippen LogP contribution < -0.4 is 0 Å². The van der Waals surface area contributed by atoms with Gasteiger partial charge in [0.25, 0.3) is 5.69 Å². The molecule has 126 valence electrons. The molecule has 2 aromatic carbocycles. The maximum Gasteiger partial charge on any atom is 0.335 e. The second-order valence-corrected chi connectivity index (χ2v) is 7.23. The van der Waals surface area contributed by atoms with Crippen molar-refractivity contribution in [1.29, 1.82) is 0 Å². The van der Waals surface area contributed by atoms with Crippen molar-refractivity contribution >= 4 is 21.7 Å². The minimum absolute atomic E-state index is 0.0631. The van der Waals surface area contributed by atoms with Crippen molar-refractivity contribution in [3.8, 4) is 11.1 Å². The molecule has 0 saturated heterocycles. The van der Waals surface area contributed by atoms with E-state index in [1.807, 2.05) is 0 Å². The van der Waals surface area contributed by atoms with Gasteiger partial charge in [0.15, 0.2) is 0 Å². The van der Waals surface area contributed by atoms with E-state index >= 15 is 0 Å². The standard InChI is InChI=1S/C15H14N2O6S/c1-16(2)24(22,23)14-6-4-3-5-13(14)10-7-11(15(18)19)9-12(8-10)17(20)21/h3-9H,1-2H3,(H,18,19). The van der Waals surface area contributed by atoms with Gasteiger partial charge in [-0.25, -0.2) is 17.5 Å². The molecule has 0 aliphatic rings. The zero-order valence-corrected chi connectivity index (χ0v) is 13.6. The maximum atomic E-state index is 12.4. The Bertz CT molecular complexity index is 889. The number of carboxylic acids is 1. The van der Waals surface area contributed by atoms with E-state index in [-0.39, 0.29) is 21.6 Å². The van der Waals surface area contributed by atoms with E-state index in [9.17, 15) is 23.3 Å². The molecule has 0 atom stereocenters. The zero-order valence-electron chi connectivity index (χ0n) is 12.8. The van der Waals surface area contributed by atoms with Gasteiger partial charge in [-0.2, -0.15) is 0 Å². The topological polar surface area (TPSA) is 118 Å². The van der Waals surface area contributed by atoms with Gasteiger partial charge < -0.3 is 5.11 Å². The smallest absolute Gasteiger partial charge is 0.335 e. The number of sulfonamides is 1. The van der Waals surface area contributed by atoms with Crippen LogP contribution >= 0.6 is 0 Å². The Morgan fingerprint density at radius 3 is 2.33 bits per heavy atom. The summed E-state index contributed by atoms with van der Waals surface area (Å²) in [7, 11) is -1.08. The van der Waals surface area contributed by atoms with Gasteiger partial charge in [-0.15, -0.1) is 0 Å². The average Bonchev–Trinajstić information content (AvgIpc) is 2.54. The Hall–Kier alpha value is -2.78. The molecule has 0 amide bonds. The second-order valence-electron chi connectivity index (χ2n) is 5.11. The molecule has 2 aromatic rings. The monoisotopic (exact) mass is 350 g/mol. The average molecular weight is 350 g/mol. The van der Waals surface area contributed by atoms with Gasteiger partial charge >= 0.3 is 5.97 Å². The fourth-order valence-electron chi connectivity index (χ4n) is 2.12. The van der Waals surface area contributed by atoms with Crippen LogP contribution in [0, 0.1) is 10.1 Å². The van der Waals surface area contributed by atoms with Gasteiger partial charge in [-0.3, -0.25) is 10.1 Å². The first-order chi connectivity index (χ1) is 11.1. The molecule has 0 heterocycles. The van der Waals surface area contributed by atoms with E-state index in [0.29, 0.717) is 0 Å². The first-order valence-corrected chi connectivity index (χ1v) is 8.13. The molecule has 0 spiro atoms. The van der Waals surface area contributed by atoms with Crippen LogP contribution in [0.4, 0.5) is 5.69 Å². The fraction of sp³-hybridized carbons (Fsp3) is 0.133. The third-order valence-electron chi connectivity index (χ3n) is 3.33. The first kappa shape index (κ1) is 17.6. The van der Waals surface area contributed by atoms with Crippen LogP contribution in [0.2, 0.25) is 0 Å². The molecule has 0 aromatic heterocycles. The number of hydrogen-bond donors (Lipinski definition) is 1. The number of aromatic carboxylic acids is 1. The van der Waals surface area contributed by atoms with E-state index in [4.69, 9.17) is 5.11 Å². The maximum absolute atomic E-state index is 12.4. The molecule has 0 bridgehead atoms. The molecule has 0 saturated carbocycles. The quantitative estimate of drug-likeness (QED) is 0.652. The summed E-state index contributed by atoms with van der Waals surface area (Å²) < 4.78 is 25.9. The largest absolute Gasteiger partial charge is 0.478 e. The summed E-state index contributed by atoms with van der Waals surface area (Å²) in [6.45, 7) is 0. The highest BCUT2D eigenvalue weighted by atomic mass is 32.2. The highest BCUT2D eigenvalue weighted by molar-refractivity contribution is 7.89. The molecule has 9 heteroatoms. The highest BCUT2D eigenvalue weighted by Crippen LogP contribution is 2.32. The van der Waals surface area contributed by atoms with Crippen LogP contribution in [-0.2, 0) is 10.0 Å². The van der Waals surface area contributed by atoms with Crippen molar-refractivity contribution in [3.05, 3.63) is 58.1 Å². The lowest BCUT2D eigenvalue weighted by atomic mass is 10.0. The normalized spacial score (nSPS) is 11.5. The van der Waals surface area contributed by atoms with E-state index in [2.05, 4.69) is 0 Å². The lowest BCUT2D eigenvalue weighted by molar-refractivity contribution is -0.384. The summed E-state index contributed by atoms with van der Waals surface area (Å²) in [5.41, 5.74) is -0.391. The number of hydrogen-bond acceptors (Lipinski definition) is 5. The summed E-state index contributed by atoms with van der Waals surface area (Å²) in [6.07, 6.45) is 0. The fourth-order valence-corrected chi connectivity index (χ4v) is 3.23. The minimum Gasteiger partial charge on any atom is -0.478 e. The highest BCUT2D eigenvalue weighted by Gasteiger charge is 2.23. The van der Waals surface area contributed by atoms with Crippen LogP contribution in [0.5, 0.6) is 0 Å². The number of carbonyl (C=O) groups is 1. The van der Waals surface area contributed by atoms with Gasteiger partial charge in [-0.05, 0) is 17.7 Å². The number of carboxylic acid groups (broad SMARTS) is 1. The molecule has 0 aliphatic heterocycles. The van der Waals surface area contributed by atoms with Crippen molar-refractivity contribution in [2.75, 3.05) is 14.1 Å². The molecule has 0 unspecified atom stereocenters. The Labute approximate surface area is 138 Å². The lowest BCUT2D eigenvalue weighted by Crippen LogP contribution is -2.22. The van der Waals surface area contributed by atoms with Crippen LogP contribution in [-0.4, -0.2) is 42.8 Å². The van der Waals surface area contributed by atoms with Crippen molar-refractivity contribution in [2.24, 2.45) is 0 Å². The Morgan fingerprint density at radius 2 is 1.79 bits per heavy atom. The predicted octanol–water partition coefficient (Wildman–Crippen LogP) is 2.21. The molecular weight excluding hydrogens is 336 g/mol. The number of nitro benzene ring substituents is 1. The van der Waals surface area contributed by atoms with Crippen LogP contribution in [0.15, 0.2) is 47.4 Å². The lowest BCUT2D eigenvalue weighted by Gasteiger charge is -2.15. The first-order valence-electron chi connectivity index (χ1n) is 6.69. The molecule has 8 nitrogen and oxygen atoms in total. The van der Waals surface area contributed by atoms with Crippen LogP contribution in [0.25, 0.3) is 11.1 Å². The Morgan fingerprint density at radius 1 is 1.17 bits per heavy atom. The third kappa shape index (κ3) is 3.26. The molecule has 0 aliphatic carbocycles. The molecule has 24 heavy (non-hydrogen) atoms. The van der Waals surface area contributed by atoms with Crippen molar-refractivity contribution in [1.82, 2.24) is 4.31 Å². The van der Waals surface area contributed by atoms with E-state index in [1.54, 1.807) is 6.07 Å². The van der Waals surface area contributed by atoms with Gasteiger partial charge in [0.05, 0.1) is 15.4 Å². The Kier molecular flexibility index (Phi) is 4.67. The van der Waals surface area contributed by atoms with Gasteiger partial charge in [0.1, 0.15) is 0 Å². The number of benzene rings is 2. The van der Waals surface area contributed by atoms with E-state index in [1.165, 1.54) is 38.4 Å². The summed E-state index contributed by atoms with van der Waals surface area (Å²) in [6, 6.07) is 9.22. The second kappa shape index (κ2) is 6.38. The molecule has 0 fully saturated rings. The van der Waals surface area contributed by atoms with Crippen LogP contribution in [0.3, 0.4) is 0 Å². The predicted molar refractivity (Wildman–Crippen MR) is 86.4 cm³/mol. The van der Waals surface area contributed by atoms with E-state index in [0.717, 1.165) is 16.4 Å². The summed E-state index contributed by atoms with van der Waals surface area (Å²) in [5.74, 6) is -1.34. The third-order valence-corrected chi connectivity index (χ3v) is 5.21. The van der Waals surface area contributed by atoms with Crippen molar-refractivity contribution < 1.29 is 23.2 Å². The number of nitro groups is 1. The van der Waals surface area contributed by atoms with Gasteiger partial charge in [0.2, 0.25) is 10.0 Å². The summed E-state index contributed by atoms with van der Waals surface area (Å²) in [5, 5.41) is 20.2. The van der Waals surface area contributed by atoms with Crippen molar-refractivity contribution in [3.63, 3.8) is 0 Å². The van der Waals surface area contributed by atoms with Gasteiger partial charge in [0, 0.05) is 31.8 Å². The Balaban J connectivity index is 2.79. The minimum atomic E-state index is -3.81. The molecular formula is C15H14N2O6S. The molecule has 0 radical (unpaired) electrons. The molecule has 2 rings (SSSR count). The SMILES string of the molecule is CN(C)S(=O)(=O)c1ccccc1-c1cc(C(=O)O)cc([N+](=O)[O-])c1. The number of rotatable bonds is 5. The zero-order chi connectivity index (χ0) is 18.1. The summed E-state index contributed by atoms with van der Waals surface area (Å²) in [4.78, 5) is 21.4. The van der Waals surface area contributed by atoms with Crippen molar-refractivity contribution in [2.45, 2.75) is 4.90 Å². The van der Waals surface area contributed by atoms with Gasteiger partial charge in [-0.1, -0.05) is 18.2 Å². The summed E-state index contributed by atoms with van der Waals surface area (Å²) >= 11 is 0. The molecule has 1 N–H and O–H groups in total. The van der Waals surface area contributed by atoms with Crippen LogP contribution in [0.1, 0.15) is 10.4 Å².